The van der Waals surface area contributed by atoms with Gasteiger partial charge in [0.05, 0.1) is 0 Å². The van der Waals surface area contributed by atoms with Gasteiger partial charge in [-0.15, -0.1) is 0 Å². The van der Waals surface area contributed by atoms with Gasteiger partial charge in [0.15, 0.2) is 0 Å². The van der Waals surface area contributed by atoms with Gasteiger partial charge in [0, 0.05) is 6.42 Å². The van der Waals surface area contributed by atoms with Crippen molar-refractivity contribution in [3.05, 3.63) is 72.9 Å². The molecular weight excluding hydrogens is 356 g/mol. The minimum Gasteiger partial charge on any atom is -0.481 e. The molecule has 0 amide bonds. The summed E-state index contributed by atoms with van der Waals surface area (Å²) in [7, 11) is 0. The third-order valence-electron chi connectivity index (χ3n) is 4.36. The van der Waals surface area contributed by atoms with Crippen molar-refractivity contribution in [2.45, 2.75) is 90.4 Å². The smallest absolute Gasteiger partial charge is 0.303 e. The number of carboxylic acids is 1. The maximum Gasteiger partial charge on any atom is 0.303 e. The number of unbranched alkanes of at least 4 members (excludes halogenated alkanes) is 5. The molecule has 2 heteroatoms. The van der Waals surface area contributed by atoms with Gasteiger partial charge in [-0.2, -0.15) is 0 Å². The van der Waals surface area contributed by atoms with E-state index in [1.807, 2.05) is 0 Å². The van der Waals surface area contributed by atoms with Gasteiger partial charge in [-0.05, 0) is 57.8 Å². The number of hydrogen-bond donors (Lipinski definition) is 1. The summed E-state index contributed by atoms with van der Waals surface area (Å²) in [6.45, 7) is 2.16. The SMILES string of the molecule is CC/C=C\C/C=C\C/C=C\C/C=C\C/C=C\C/C=C\CCCCCCCC(=O)O. The minimum atomic E-state index is -0.678. The molecule has 0 spiro atoms. The number of carboxylic acid groups (broad SMARTS) is 1. The lowest BCUT2D eigenvalue weighted by atomic mass is 10.1. The van der Waals surface area contributed by atoms with Crippen molar-refractivity contribution in [1.82, 2.24) is 0 Å². The van der Waals surface area contributed by atoms with Crippen LogP contribution in [0, 0.1) is 0 Å². The van der Waals surface area contributed by atoms with E-state index in [9.17, 15) is 4.79 Å². The van der Waals surface area contributed by atoms with Crippen molar-refractivity contribution >= 4 is 5.97 Å². The van der Waals surface area contributed by atoms with Crippen LogP contribution in [0.15, 0.2) is 72.9 Å². The second-order valence-corrected chi connectivity index (χ2v) is 7.12. The van der Waals surface area contributed by atoms with Crippen LogP contribution < -0.4 is 0 Å². The number of carbonyl (C=O) groups is 1. The fourth-order valence-electron chi connectivity index (χ4n) is 2.71. The summed E-state index contributed by atoms with van der Waals surface area (Å²) >= 11 is 0. The highest BCUT2D eigenvalue weighted by Gasteiger charge is 1.95. The van der Waals surface area contributed by atoms with Crippen molar-refractivity contribution in [1.29, 1.82) is 0 Å². The van der Waals surface area contributed by atoms with E-state index in [4.69, 9.17) is 5.11 Å². The summed E-state index contributed by atoms with van der Waals surface area (Å²) in [6, 6.07) is 0. The topological polar surface area (TPSA) is 37.3 Å². The molecule has 162 valence electrons. The number of rotatable bonds is 19. The average molecular weight is 399 g/mol. The largest absolute Gasteiger partial charge is 0.481 e. The van der Waals surface area contributed by atoms with Crippen LogP contribution in [0.4, 0.5) is 0 Å². The zero-order valence-corrected chi connectivity index (χ0v) is 18.5. The van der Waals surface area contributed by atoms with Crippen molar-refractivity contribution < 1.29 is 9.90 Å². The van der Waals surface area contributed by atoms with Crippen molar-refractivity contribution in [3.8, 4) is 0 Å². The highest BCUT2D eigenvalue weighted by molar-refractivity contribution is 5.66. The molecule has 0 fully saturated rings. The van der Waals surface area contributed by atoms with Gasteiger partial charge in [0.2, 0.25) is 0 Å². The summed E-state index contributed by atoms with van der Waals surface area (Å²) in [5.41, 5.74) is 0. The highest BCUT2D eigenvalue weighted by atomic mass is 16.4. The number of aliphatic carboxylic acids is 1. The predicted molar refractivity (Wildman–Crippen MR) is 128 cm³/mol. The molecule has 0 aromatic carbocycles. The van der Waals surface area contributed by atoms with Gasteiger partial charge >= 0.3 is 5.97 Å². The first-order valence-corrected chi connectivity index (χ1v) is 11.4. The van der Waals surface area contributed by atoms with E-state index in [0.29, 0.717) is 6.42 Å². The normalized spacial score (nSPS) is 12.9. The molecule has 0 radical (unpaired) electrons. The molecule has 0 aliphatic carbocycles. The molecule has 1 N–H and O–H groups in total. The Kier molecular flexibility index (Phi) is 22.2. The summed E-state index contributed by atoms with van der Waals surface area (Å²) in [5.74, 6) is -0.678. The summed E-state index contributed by atoms with van der Waals surface area (Å²) in [6.07, 6.45) is 39.7. The zero-order chi connectivity index (χ0) is 21.3. The van der Waals surface area contributed by atoms with Gasteiger partial charge in [-0.25, -0.2) is 0 Å². The summed E-state index contributed by atoms with van der Waals surface area (Å²) < 4.78 is 0. The standard InChI is InChI=1S/C27H42O2/c1-2-3-4-5-6-7-8-9-10-11-12-13-14-15-16-17-18-19-20-21-22-23-24-25-26-27(28)29/h3-4,6-7,9-10,12-13,15-16,18-19H,2,5,8,11,14,17,20-26H2,1H3,(H,28,29)/b4-3-,7-6-,10-9-,13-12-,16-15-,19-18-. The molecule has 0 aromatic heterocycles. The molecule has 0 aromatic rings. The van der Waals surface area contributed by atoms with Crippen molar-refractivity contribution in [2.75, 3.05) is 0 Å². The first kappa shape index (κ1) is 26.9. The fraction of sp³-hybridized carbons (Fsp3) is 0.519. The third-order valence-corrected chi connectivity index (χ3v) is 4.36. The highest BCUT2D eigenvalue weighted by Crippen LogP contribution is 2.07. The van der Waals surface area contributed by atoms with Gasteiger partial charge in [-0.3, -0.25) is 4.79 Å². The van der Waals surface area contributed by atoms with Gasteiger partial charge < -0.3 is 5.11 Å². The molecule has 0 atom stereocenters. The molecule has 2 nitrogen and oxygen atoms in total. The Morgan fingerprint density at radius 2 is 0.931 bits per heavy atom. The summed E-state index contributed by atoms with van der Waals surface area (Å²) in [5, 5.41) is 8.57. The van der Waals surface area contributed by atoms with Gasteiger partial charge in [-0.1, -0.05) is 99.1 Å². The van der Waals surface area contributed by atoms with E-state index in [2.05, 4.69) is 79.8 Å². The van der Waals surface area contributed by atoms with Crippen molar-refractivity contribution in [2.24, 2.45) is 0 Å². The molecule has 0 rings (SSSR count). The Labute approximate surface area is 179 Å². The van der Waals surface area contributed by atoms with E-state index in [0.717, 1.165) is 64.2 Å². The molecule has 29 heavy (non-hydrogen) atoms. The predicted octanol–water partition coefficient (Wildman–Crippen LogP) is 8.50. The molecule has 0 saturated heterocycles. The molecular formula is C27H42O2. The quantitative estimate of drug-likeness (QED) is 0.175. The first-order chi connectivity index (χ1) is 14.3. The molecule has 0 unspecified atom stereocenters. The molecule has 0 aliphatic heterocycles. The lowest BCUT2D eigenvalue weighted by Crippen LogP contribution is -1.93. The Bertz CT molecular complexity index is 533. The van der Waals surface area contributed by atoms with Crippen LogP contribution in [0.1, 0.15) is 90.4 Å². The van der Waals surface area contributed by atoms with E-state index < -0.39 is 5.97 Å². The van der Waals surface area contributed by atoms with E-state index in [1.54, 1.807) is 0 Å². The van der Waals surface area contributed by atoms with Gasteiger partial charge in [0.1, 0.15) is 0 Å². The van der Waals surface area contributed by atoms with Crippen LogP contribution >= 0.6 is 0 Å². The van der Waals surface area contributed by atoms with Crippen molar-refractivity contribution in [3.63, 3.8) is 0 Å². The second kappa shape index (κ2) is 23.9. The fourth-order valence-corrected chi connectivity index (χ4v) is 2.71. The summed E-state index contributed by atoms with van der Waals surface area (Å²) in [4.78, 5) is 10.4. The average Bonchev–Trinajstić information content (AvgIpc) is 2.71. The Hall–Kier alpha value is -2.09. The van der Waals surface area contributed by atoms with E-state index >= 15 is 0 Å². The lowest BCUT2D eigenvalue weighted by Gasteiger charge is -1.98. The monoisotopic (exact) mass is 398 g/mol. The second-order valence-electron chi connectivity index (χ2n) is 7.12. The Morgan fingerprint density at radius 3 is 1.38 bits per heavy atom. The third kappa shape index (κ3) is 25.9. The maximum absolute atomic E-state index is 10.4. The van der Waals surface area contributed by atoms with Crippen LogP contribution in [0.5, 0.6) is 0 Å². The molecule has 0 bridgehead atoms. The Morgan fingerprint density at radius 1 is 0.552 bits per heavy atom. The molecule has 0 heterocycles. The Balaban J connectivity index is 3.43. The van der Waals surface area contributed by atoms with Crippen LogP contribution in [-0.4, -0.2) is 11.1 Å². The van der Waals surface area contributed by atoms with Crippen LogP contribution in [0.2, 0.25) is 0 Å². The minimum absolute atomic E-state index is 0.313. The first-order valence-electron chi connectivity index (χ1n) is 11.4. The molecule has 0 aliphatic rings. The number of hydrogen-bond acceptors (Lipinski definition) is 1. The van der Waals surface area contributed by atoms with Crippen LogP contribution in [-0.2, 0) is 4.79 Å². The van der Waals surface area contributed by atoms with Crippen LogP contribution in [0.25, 0.3) is 0 Å². The van der Waals surface area contributed by atoms with Crippen LogP contribution in [0.3, 0.4) is 0 Å². The molecule has 0 saturated carbocycles. The van der Waals surface area contributed by atoms with E-state index in [1.165, 1.54) is 12.8 Å². The van der Waals surface area contributed by atoms with Gasteiger partial charge in [0.25, 0.3) is 0 Å². The number of allylic oxidation sites excluding steroid dienone is 12. The lowest BCUT2D eigenvalue weighted by molar-refractivity contribution is -0.137. The maximum atomic E-state index is 10.4. The zero-order valence-electron chi connectivity index (χ0n) is 18.5. The van der Waals surface area contributed by atoms with E-state index in [-0.39, 0.29) is 0 Å².